The SMILES string of the molecule is CCNC(=NCc1ccccc1F)NCCc1ccc(C)nc1.I. The number of rotatable bonds is 6. The molecule has 0 saturated heterocycles. The largest absolute Gasteiger partial charge is 0.357 e. The summed E-state index contributed by atoms with van der Waals surface area (Å²) in [5.41, 5.74) is 2.78. The number of aromatic nitrogens is 1. The summed E-state index contributed by atoms with van der Waals surface area (Å²) in [6, 6.07) is 10.8. The predicted molar refractivity (Wildman–Crippen MR) is 107 cm³/mol. The molecule has 0 atom stereocenters. The van der Waals surface area contributed by atoms with Crippen LogP contribution in [0.4, 0.5) is 4.39 Å². The van der Waals surface area contributed by atoms with Crippen LogP contribution in [0.25, 0.3) is 0 Å². The summed E-state index contributed by atoms with van der Waals surface area (Å²) in [5.74, 6) is 0.466. The van der Waals surface area contributed by atoms with Crippen molar-refractivity contribution in [3.63, 3.8) is 0 Å². The van der Waals surface area contributed by atoms with Gasteiger partial charge in [-0.3, -0.25) is 4.98 Å². The molecule has 130 valence electrons. The van der Waals surface area contributed by atoms with Crippen molar-refractivity contribution in [1.82, 2.24) is 15.6 Å². The predicted octanol–water partition coefficient (Wildman–Crippen LogP) is 3.44. The molecule has 0 amide bonds. The third kappa shape index (κ3) is 6.82. The van der Waals surface area contributed by atoms with E-state index in [0.29, 0.717) is 18.1 Å². The number of halogens is 2. The number of benzene rings is 1. The molecule has 2 N–H and O–H groups in total. The first-order valence-electron chi connectivity index (χ1n) is 7.86. The maximum Gasteiger partial charge on any atom is 0.191 e. The van der Waals surface area contributed by atoms with Crippen LogP contribution >= 0.6 is 24.0 Å². The molecule has 2 aromatic rings. The third-order valence-electron chi connectivity index (χ3n) is 3.39. The lowest BCUT2D eigenvalue weighted by Gasteiger charge is -2.11. The van der Waals surface area contributed by atoms with Gasteiger partial charge in [0, 0.05) is 30.5 Å². The minimum Gasteiger partial charge on any atom is -0.357 e. The maximum absolute atomic E-state index is 13.6. The molecule has 0 spiro atoms. The smallest absolute Gasteiger partial charge is 0.191 e. The number of hydrogen-bond donors (Lipinski definition) is 2. The van der Waals surface area contributed by atoms with E-state index < -0.39 is 0 Å². The van der Waals surface area contributed by atoms with Gasteiger partial charge in [-0.1, -0.05) is 24.3 Å². The number of guanidine groups is 1. The van der Waals surface area contributed by atoms with Crippen LogP contribution in [0.3, 0.4) is 0 Å². The Hall–Kier alpha value is -1.70. The lowest BCUT2D eigenvalue weighted by molar-refractivity contribution is 0.610. The van der Waals surface area contributed by atoms with Gasteiger partial charge in [0.05, 0.1) is 6.54 Å². The zero-order valence-electron chi connectivity index (χ0n) is 14.1. The Morgan fingerprint density at radius 2 is 1.96 bits per heavy atom. The van der Waals surface area contributed by atoms with Crippen molar-refractivity contribution in [2.24, 2.45) is 4.99 Å². The van der Waals surface area contributed by atoms with Gasteiger partial charge in [-0.05, 0) is 38.0 Å². The first-order valence-corrected chi connectivity index (χ1v) is 7.86. The average Bonchev–Trinajstić information content (AvgIpc) is 2.56. The first-order chi connectivity index (χ1) is 11.2. The van der Waals surface area contributed by atoms with Crippen LogP contribution in [-0.2, 0) is 13.0 Å². The van der Waals surface area contributed by atoms with E-state index in [1.807, 2.05) is 32.2 Å². The van der Waals surface area contributed by atoms with Gasteiger partial charge in [0.1, 0.15) is 5.82 Å². The number of aliphatic imine (C=N–C) groups is 1. The van der Waals surface area contributed by atoms with Crippen molar-refractivity contribution in [2.75, 3.05) is 13.1 Å². The molecule has 24 heavy (non-hydrogen) atoms. The number of hydrogen-bond acceptors (Lipinski definition) is 2. The summed E-state index contributed by atoms with van der Waals surface area (Å²) in [6.07, 6.45) is 2.75. The van der Waals surface area contributed by atoms with Gasteiger partial charge in [-0.25, -0.2) is 9.38 Å². The summed E-state index contributed by atoms with van der Waals surface area (Å²) in [4.78, 5) is 8.71. The fourth-order valence-electron chi connectivity index (χ4n) is 2.10. The van der Waals surface area contributed by atoms with Crippen LogP contribution in [0.15, 0.2) is 47.6 Å². The highest BCUT2D eigenvalue weighted by molar-refractivity contribution is 14.0. The zero-order chi connectivity index (χ0) is 16.5. The molecule has 6 heteroatoms. The Morgan fingerprint density at radius 1 is 1.17 bits per heavy atom. The van der Waals surface area contributed by atoms with E-state index in [1.54, 1.807) is 12.1 Å². The van der Waals surface area contributed by atoms with Crippen LogP contribution < -0.4 is 10.6 Å². The van der Waals surface area contributed by atoms with Crippen LogP contribution in [0.1, 0.15) is 23.7 Å². The molecule has 1 aromatic heterocycles. The van der Waals surface area contributed by atoms with Gasteiger partial charge < -0.3 is 10.6 Å². The van der Waals surface area contributed by atoms with Crippen molar-refractivity contribution in [1.29, 1.82) is 0 Å². The van der Waals surface area contributed by atoms with Crippen molar-refractivity contribution in [2.45, 2.75) is 26.8 Å². The van der Waals surface area contributed by atoms with Crippen molar-refractivity contribution < 1.29 is 4.39 Å². The van der Waals surface area contributed by atoms with Crippen molar-refractivity contribution >= 4 is 29.9 Å². The molecule has 2 rings (SSSR count). The second kappa shape index (κ2) is 11.0. The minimum absolute atomic E-state index is 0. The van der Waals surface area contributed by atoms with Crippen LogP contribution in [-0.4, -0.2) is 24.0 Å². The van der Waals surface area contributed by atoms with Gasteiger partial charge in [0.25, 0.3) is 0 Å². The Balaban J connectivity index is 0.00000288. The van der Waals surface area contributed by atoms with E-state index in [-0.39, 0.29) is 29.8 Å². The standard InChI is InChI=1S/C18H23FN4.HI/c1-3-20-18(23-13-16-6-4-5-7-17(16)19)21-11-10-15-9-8-14(2)22-12-15;/h4-9,12H,3,10-11,13H2,1-2H3,(H2,20,21,23);1H. The van der Waals surface area contributed by atoms with Gasteiger partial charge in [0.15, 0.2) is 5.96 Å². The lowest BCUT2D eigenvalue weighted by atomic mass is 10.2. The molecule has 0 aliphatic heterocycles. The molecule has 0 unspecified atom stereocenters. The highest BCUT2D eigenvalue weighted by Gasteiger charge is 2.02. The van der Waals surface area contributed by atoms with Crippen molar-refractivity contribution in [3.05, 3.63) is 65.2 Å². The molecule has 0 fully saturated rings. The fourth-order valence-corrected chi connectivity index (χ4v) is 2.10. The topological polar surface area (TPSA) is 49.3 Å². The molecule has 0 aliphatic rings. The molecule has 1 aromatic carbocycles. The normalized spacial score (nSPS) is 10.9. The van der Waals surface area contributed by atoms with Crippen molar-refractivity contribution in [3.8, 4) is 0 Å². The molecule has 0 saturated carbocycles. The van der Waals surface area contributed by atoms with E-state index >= 15 is 0 Å². The molecule has 0 aliphatic carbocycles. The Morgan fingerprint density at radius 3 is 2.62 bits per heavy atom. The number of nitrogens with one attached hydrogen (secondary N) is 2. The maximum atomic E-state index is 13.6. The Labute approximate surface area is 160 Å². The second-order valence-corrected chi connectivity index (χ2v) is 5.27. The Kier molecular flexibility index (Phi) is 9.29. The Bertz CT molecular complexity index is 644. The van der Waals surface area contributed by atoms with Crippen LogP contribution in [0.2, 0.25) is 0 Å². The van der Waals surface area contributed by atoms with E-state index in [1.165, 1.54) is 11.6 Å². The summed E-state index contributed by atoms with van der Waals surface area (Å²) < 4.78 is 13.6. The van der Waals surface area contributed by atoms with Gasteiger partial charge in [0.2, 0.25) is 0 Å². The van der Waals surface area contributed by atoms with E-state index in [0.717, 1.165) is 25.2 Å². The van der Waals surface area contributed by atoms with Gasteiger partial charge in [-0.15, -0.1) is 24.0 Å². The summed E-state index contributed by atoms with van der Waals surface area (Å²) in [6.45, 7) is 5.79. The average molecular weight is 442 g/mol. The molecule has 1 heterocycles. The number of nitrogens with zero attached hydrogens (tertiary/aromatic N) is 2. The molecular formula is C18H24FIN4. The summed E-state index contributed by atoms with van der Waals surface area (Å²) >= 11 is 0. The highest BCUT2D eigenvalue weighted by Crippen LogP contribution is 2.07. The van der Waals surface area contributed by atoms with E-state index in [2.05, 4.69) is 26.7 Å². The fraction of sp³-hybridized carbons (Fsp3) is 0.333. The lowest BCUT2D eigenvalue weighted by Crippen LogP contribution is -2.38. The first kappa shape index (κ1) is 20.3. The highest BCUT2D eigenvalue weighted by atomic mass is 127. The van der Waals surface area contributed by atoms with E-state index in [4.69, 9.17) is 0 Å². The summed E-state index contributed by atoms with van der Waals surface area (Å²) in [5, 5.41) is 6.43. The quantitative estimate of drug-likeness (QED) is 0.410. The van der Waals surface area contributed by atoms with Crippen LogP contribution in [0, 0.1) is 12.7 Å². The van der Waals surface area contributed by atoms with Crippen LogP contribution in [0.5, 0.6) is 0 Å². The number of aryl methyl sites for hydroxylation is 1. The summed E-state index contributed by atoms with van der Waals surface area (Å²) in [7, 11) is 0. The molecule has 0 radical (unpaired) electrons. The number of pyridine rings is 1. The minimum atomic E-state index is -0.224. The molecule has 4 nitrogen and oxygen atoms in total. The second-order valence-electron chi connectivity index (χ2n) is 5.27. The molecule has 0 bridgehead atoms. The van der Waals surface area contributed by atoms with Gasteiger partial charge >= 0.3 is 0 Å². The monoisotopic (exact) mass is 442 g/mol. The van der Waals surface area contributed by atoms with Gasteiger partial charge in [-0.2, -0.15) is 0 Å². The van der Waals surface area contributed by atoms with E-state index in [9.17, 15) is 4.39 Å². The molecular weight excluding hydrogens is 418 g/mol. The zero-order valence-corrected chi connectivity index (χ0v) is 16.4. The third-order valence-corrected chi connectivity index (χ3v) is 3.39.